The van der Waals surface area contributed by atoms with Gasteiger partial charge in [0.1, 0.15) is 28.8 Å². The number of nitrogens with one attached hydrogen (secondary N) is 3. The highest BCUT2D eigenvalue weighted by Crippen LogP contribution is 2.39. The number of anilines is 2. The van der Waals surface area contributed by atoms with E-state index in [1.54, 1.807) is 25.2 Å². The first-order chi connectivity index (χ1) is 17.5. The molecule has 0 aliphatic carbocycles. The van der Waals surface area contributed by atoms with Gasteiger partial charge >= 0.3 is 6.01 Å². The van der Waals surface area contributed by atoms with Gasteiger partial charge in [0.2, 0.25) is 0 Å². The van der Waals surface area contributed by atoms with Gasteiger partial charge in [-0.1, -0.05) is 0 Å². The summed E-state index contributed by atoms with van der Waals surface area (Å²) in [5.41, 5.74) is 2.69. The molecule has 4 aromatic rings. The van der Waals surface area contributed by atoms with Crippen LogP contribution in [0.3, 0.4) is 0 Å². The molecule has 3 N–H and O–H groups in total. The monoisotopic (exact) mass is 489 g/mol. The van der Waals surface area contributed by atoms with Gasteiger partial charge in [0.15, 0.2) is 6.61 Å². The third kappa shape index (κ3) is 3.92. The Hall–Kier alpha value is -4.41. The van der Waals surface area contributed by atoms with Crippen molar-refractivity contribution in [2.45, 2.75) is 6.54 Å². The second kappa shape index (κ2) is 8.67. The van der Waals surface area contributed by atoms with Gasteiger partial charge in [-0.05, 0) is 36.5 Å². The number of H-pyrrole nitrogens is 1. The number of ether oxygens (including phenoxy) is 2. The zero-order chi connectivity index (χ0) is 24.8. The van der Waals surface area contributed by atoms with Gasteiger partial charge in [-0.25, -0.2) is 4.39 Å². The lowest BCUT2D eigenvalue weighted by Gasteiger charge is -2.40. The topological polar surface area (TPSA) is 117 Å². The summed E-state index contributed by atoms with van der Waals surface area (Å²) < 4.78 is 26.3. The molecule has 0 radical (unpaired) electrons. The third-order valence-electron chi connectivity index (χ3n) is 6.41. The lowest BCUT2D eigenvalue weighted by atomic mass is 9.99. The minimum atomic E-state index is -0.359. The molecule has 6 bridgehead atoms. The van der Waals surface area contributed by atoms with Crippen molar-refractivity contribution in [1.29, 1.82) is 0 Å². The maximum absolute atomic E-state index is 14.5. The molecule has 10 nitrogen and oxygen atoms in total. The van der Waals surface area contributed by atoms with Crippen LogP contribution in [0.2, 0.25) is 0 Å². The first-order valence-corrected chi connectivity index (χ1v) is 11.6. The number of halogens is 1. The molecule has 36 heavy (non-hydrogen) atoms. The molecule has 1 saturated heterocycles. The molecule has 3 aliphatic heterocycles. The summed E-state index contributed by atoms with van der Waals surface area (Å²) in [7, 11) is 1.74. The Labute approximate surface area is 205 Å². The van der Waals surface area contributed by atoms with E-state index in [9.17, 15) is 9.18 Å². The standard InChI is InChI=1S/C25H24FN7O3/c1-27-8-13-3-16-7-17(4-13)36-25-31-23-21(18-5-15(26)6-19(28-2)22(18)30-23)24(32-25)33-10-14(11-33)9-29-20(34)12-35-16/h3-7,14,28H,1,8-12H2,2H3,(H,29,34)(H,30,31,32). The molecule has 7 rings (SSSR count). The number of carbonyl (C=O) groups is 1. The lowest BCUT2D eigenvalue weighted by Crippen LogP contribution is -2.52. The van der Waals surface area contributed by atoms with Crippen molar-refractivity contribution in [2.24, 2.45) is 10.9 Å². The number of rotatable bonds is 3. The summed E-state index contributed by atoms with van der Waals surface area (Å²) in [6.45, 7) is 5.67. The Kier molecular flexibility index (Phi) is 5.32. The molecule has 0 saturated carbocycles. The number of aromatic nitrogens is 3. The van der Waals surface area contributed by atoms with Crippen LogP contribution in [0.5, 0.6) is 17.5 Å². The summed E-state index contributed by atoms with van der Waals surface area (Å²) >= 11 is 0. The molecule has 0 spiro atoms. The quantitative estimate of drug-likeness (QED) is 0.378. The van der Waals surface area contributed by atoms with Crippen molar-refractivity contribution >= 4 is 46.1 Å². The van der Waals surface area contributed by atoms with Crippen LogP contribution >= 0.6 is 0 Å². The van der Waals surface area contributed by atoms with Crippen molar-refractivity contribution in [1.82, 2.24) is 20.3 Å². The van der Waals surface area contributed by atoms with Crippen LogP contribution in [-0.2, 0) is 11.3 Å². The predicted molar refractivity (Wildman–Crippen MR) is 135 cm³/mol. The molecule has 2 aromatic carbocycles. The van der Waals surface area contributed by atoms with E-state index < -0.39 is 0 Å². The highest BCUT2D eigenvalue weighted by molar-refractivity contribution is 6.14. The predicted octanol–water partition coefficient (Wildman–Crippen LogP) is 3.23. The second-order valence-corrected chi connectivity index (χ2v) is 8.96. The number of aromatic amines is 1. The molecular formula is C25H24FN7O3. The van der Waals surface area contributed by atoms with E-state index in [2.05, 4.69) is 37.2 Å². The summed E-state index contributed by atoms with van der Waals surface area (Å²) in [6.07, 6.45) is 0. The molecule has 1 amide bonds. The fourth-order valence-electron chi connectivity index (χ4n) is 4.72. The zero-order valence-electron chi connectivity index (χ0n) is 19.6. The third-order valence-corrected chi connectivity index (χ3v) is 6.41. The van der Waals surface area contributed by atoms with E-state index in [4.69, 9.17) is 14.5 Å². The minimum Gasteiger partial charge on any atom is -0.484 e. The largest absolute Gasteiger partial charge is 0.484 e. The fraction of sp³-hybridized carbons (Fsp3) is 0.280. The number of aliphatic imine (C=N–C) groups is 1. The van der Waals surface area contributed by atoms with Crippen LogP contribution in [0.1, 0.15) is 5.56 Å². The SMILES string of the molecule is C=NCc1cc2cc(c1)Oc1nc(c3c(n1)[nH]c1c(NC)cc(F)cc13)N1CC(CNC(=O)CO2)C1. The molecule has 184 valence electrons. The molecular weight excluding hydrogens is 465 g/mol. The van der Waals surface area contributed by atoms with Crippen LogP contribution < -0.4 is 25.0 Å². The van der Waals surface area contributed by atoms with Crippen molar-refractivity contribution < 1.29 is 18.7 Å². The zero-order valence-corrected chi connectivity index (χ0v) is 19.6. The number of hydrogen-bond donors (Lipinski definition) is 3. The maximum atomic E-state index is 14.5. The van der Waals surface area contributed by atoms with Crippen molar-refractivity contribution in [3.8, 4) is 17.5 Å². The van der Waals surface area contributed by atoms with Gasteiger partial charge in [0.05, 0.1) is 23.1 Å². The van der Waals surface area contributed by atoms with Gasteiger partial charge in [-0.3, -0.25) is 9.79 Å². The Morgan fingerprint density at radius 1 is 1.22 bits per heavy atom. The molecule has 5 heterocycles. The average Bonchev–Trinajstić information content (AvgIpc) is 3.19. The molecule has 1 fully saturated rings. The molecule has 0 atom stereocenters. The molecule has 3 aliphatic rings. The number of carbonyl (C=O) groups excluding carboxylic acids is 1. The minimum absolute atomic E-state index is 0.112. The fourth-order valence-corrected chi connectivity index (χ4v) is 4.72. The normalized spacial score (nSPS) is 15.8. The van der Waals surface area contributed by atoms with Crippen LogP contribution in [0, 0.1) is 11.7 Å². The van der Waals surface area contributed by atoms with Crippen LogP contribution in [0.15, 0.2) is 35.3 Å². The Balaban J connectivity index is 1.52. The first-order valence-electron chi connectivity index (χ1n) is 11.6. The number of nitrogens with zero attached hydrogens (tertiary/aromatic N) is 4. The summed E-state index contributed by atoms with van der Waals surface area (Å²) in [4.78, 5) is 31.0. The smallest absolute Gasteiger partial charge is 0.325 e. The van der Waals surface area contributed by atoms with E-state index in [1.807, 2.05) is 0 Å². The second-order valence-electron chi connectivity index (χ2n) is 8.96. The van der Waals surface area contributed by atoms with Crippen LogP contribution in [0.4, 0.5) is 15.9 Å². The summed E-state index contributed by atoms with van der Waals surface area (Å²) in [5.74, 6) is 1.23. The number of fused-ring (bicyclic) bond motifs is 7. The van der Waals surface area contributed by atoms with E-state index >= 15 is 0 Å². The van der Waals surface area contributed by atoms with Gasteiger partial charge in [0, 0.05) is 44.1 Å². The first kappa shape index (κ1) is 22.1. The Bertz CT molecular complexity index is 1510. The van der Waals surface area contributed by atoms with Gasteiger partial charge in [-0.15, -0.1) is 0 Å². The maximum Gasteiger partial charge on any atom is 0.325 e. The van der Waals surface area contributed by atoms with Gasteiger partial charge in [-0.2, -0.15) is 9.97 Å². The number of benzene rings is 2. The van der Waals surface area contributed by atoms with E-state index in [0.29, 0.717) is 65.6 Å². The van der Waals surface area contributed by atoms with Crippen molar-refractivity contribution in [3.63, 3.8) is 0 Å². The number of hydrogen-bond acceptors (Lipinski definition) is 8. The highest BCUT2D eigenvalue weighted by Gasteiger charge is 2.31. The van der Waals surface area contributed by atoms with E-state index in [-0.39, 0.29) is 30.3 Å². The van der Waals surface area contributed by atoms with Crippen LogP contribution in [-0.4, -0.2) is 60.9 Å². The highest BCUT2D eigenvalue weighted by atomic mass is 19.1. The van der Waals surface area contributed by atoms with Gasteiger partial charge < -0.3 is 30.0 Å². The lowest BCUT2D eigenvalue weighted by molar-refractivity contribution is -0.123. The van der Waals surface area contributed by atoms with E-state index in [1.165, 1.54) is 12.1 Å². The summed E-state index contributed by atoms with van der Waals surface area (Å²) in [6, 6.07) is 8.31. The van der Waals surface area contributed by atoms with Crippen molar-refractivity contribution in [3.05, 3.63) is 41.7 Å². The van der Waals surface area contributed by atoms with Gasteiger partial charge in [0.25, 0.3) is 5.91 Å². The summed E-state index contributed by atoms with van der Waals surface area (Å²) in [5, 5.41) is 7.36. The average molecular weight is 490 g/mol. The number of amides is 1. The van der Waals surface area contributed by atoms with E-state index in [0.717, 1.165) is 11.1 Å². The molecule has 0 unspecified atom stereocenters. The van der Waals surface area contributed by atoms with Crippen molar-refractivity contribution in [2.75, 3.05) is 43.5 Å². The molecule has 11 heteroatoms. The Morgan fingerprint density at radius 3 is 2.86 bits per heavy atom. The molecule has 2 aromatic heterocycles. The van der Waals surface area contributed by atoms with Crippen LogP contribution in [0.25, 0.3) is 21.9 Å². The Morgan fingerprint density at radius 2 is 2.06 bits per heavy atom.